The van der Waals surface area contributed by atoms with Gasteiger partial charge in [-0.25, -0.2) is 4.79 Å². The minimum atomic E-state index is -0.577. The van der Waals surface area contributed by atoms with Crippen molar-refractivity contribution < 1.29 is 23.3 Å². The van der Waals surface area contributed by atoms with Crippen molar-refractivity contribution >= 4 is 18.7 Å². The topological polar surface area (TPSA) is 57.9 Å². The third-order valence-electron chi connectivity index (χ3n) is 3.29. The van der Waals surface area contributed by atoms with Crippen LogP contribution in [0.25, 0.3) is 0 Å². The number of ether oxygens (including phenoxy) is 1. The van der Waals surface area contributed by atoms with Crippen LogP contribution in [-0.2, 0) is 14.0 Å². The summed E-state index contributed by atoms with van der Waals surface area (Å²) in [5.41, 5.74) is 0.513. The largest absolute Gasteiger partial charge is 0.532 e. The summed E-state index contributed by atoms with van der Waals surface area (Å²) >= 11 is 0. The predicted octanol–water partition coefficient (Wildman–Crippen LogP) is 1.28. The number of rotatable bonds is 2. The molecule has 0 amide bonds. The smallest absolute Gasteiger partial charge is 0.469 e. The van der Waals surface area contributed by atoms with Crippen LogP contribution in [0.3, 0.4) is 0 Å². The highest BCUT2D eigenvalue weighted by Crippen LogP contribution is 2.27. The van der Waals surface area contributed by atoms with Crippen molar-refractivity contribution in [3.05, 3.63) is 17.4 Å². The van der Waals surface area contributed by atoms with Crippen LogP contribution in [0.5, 0.6) is 0 Å². The number of carbonyl (C=O) groups is 1. The van der Waals surface area contributed by atoms with Gasteiger partial charge in [0, 0.05) is 0 Å². The molecule has 0 spiro atoms. The van der Waals surface area contributed by atoms with E-state index in [4.69, 9.17) is 13.7 Å². The van der Waals surface area contributed by atoms with Crippen LogP contribution in [0.15, 0.2) is 10.5 Å². The molecule has 98 valence electrons. The molecule has 1 aliphatic heterocycles. The molecule has 5 nitrogen and oxygen atoms in total. The number of hydrogen-bond donors (Lipinski definition) is 0. The van der Waals surface area contributed by atoms with Crippen molar-refractivity contribution in [2.24, 2.45) is 0 Å². The first-order valence-corrected chi connectivity index (χ1v) is 5.87. The molecule has 18 heavy (non-hydrogen) atoms. The molecule has 1 aliphatic rings. The molecule has 0 aliphatic carbocycles. The summed E-state index contributed by atoms with van der Waals surface area (Å²) in [6, 6.07) is 1.61. The minimum Gasteiger partial charge on any atom is -0.469 e. The molecule has 1 saturated heterocycles. The molecule has 0 radical (unpaired) electrons. The zero-order chi connectivity index (χ0) is 13.5. The molecule has 2 heterocycles. The second kappa shape index (κ2) is 4.44. The normalized spacial score (nSPS) is 22.3. The van der Waals surface area contributed by atoms with Crippen LogP contribution in [0.4, 0.5) is 0 Å². The van der Waals surface area contributed by atoms with Crippen LogP contribution in [0, 0.1) is 6.92 Å². The first-order valence-electron chi connectivity index (χ1n) is 5.87. The van der Waals surface area contributed by atoms with Crippen LogP contribution in [0.2, 0.25) is 0 Å². The first-order chi connectivity index (χ1) is 8.35. The van der Waals surface area contributed by atoms with Gasteiger partial charge in [-0.2, -0.15) is 0 Å². The summed E-state index contributed by atoms with van der Waals surface area (Å²) in [6.07, 6.45) is -0.0468. The maximum absolute atomic E-state index is 11.5. The van der Waals surface area contributed by atoms with Gasteiger partial charge >= 0.3 is 13.1 Å². The van der Waals surface area contributed by atoms with E-state index in [1.807, 2.05) is 20.8 Å². The minimum absolute atomic E-state index is 0.0468. The van der Waals surface area contributed by atoms with E-state index >= 15 is 0 Å². The Kier molecular flexibility index (Phi) is 3.25. The number of carbonyl (C=O) groups excluding carboxylic acids is 1. The Labute approximate surface area is 107 Å². The highest BCUT2D eigenvalue weighted by molar-refractivity contribution is 6.60. The molecule has 6 heteroatoms. The second-order valence-corrected chi connectivity index (χ2v) is 4.94. The van der Waals surface area contributed by atoms with E-state index < -0.39 is 13.1 Å². The van der Waals surface area contributed by atoms with Gasteiger partial charge < -0.3 is 18.5 Å². The lowest BCUT2D eigenvalue weighted by molar-refractivity contribution is 0.0598. The van der Waals surface area contributed by atoms with Crippen molar-refractivity contribution in [1.29, 1.82) is 0 Å². The molecule has 2 rings (SSSR count). The zero-order valence-corrected chi connectivity index (χ0v) is 11.3. The van der Waals surface area contributed by atoms with Crippen molar-refractivity contribution in [1.82, 2.24) is 0 Å². The van der Waals surface area contributed by atoms with Gasteiger partial charge in [-0.15, -0.1) is 0 Å². The van der Waals surface area contributed by atoms with Crippen LogP contribution < -0.4 is 5.66 Å². The average molecular weight is 252 g/mol. The van der Waals surface area contributed by atoms with Gasteiger partial charge in [0.25, 0.3) is 0 Å². The molecule has 1 aromatic heterocycles. The SMILES string of the molecule is COC(=O)c1cc(B2OC(C)C(C)(C)O2)oc1C. The third kappa shape index (κ3) is 2.18. The zero-order valence-electron chi connectivity index (χ0n) is 11.3. The lowest BCUT2D eigenvalue weighted by Gasteiger charge is -2.21. The highest BCUT2D eigenvalue weighted by Gasteiger charge is 2.46. The number of esters is 1. The maximum Gasteiger partial charge on any atom is 0.532 e. The Morgan fingerprint density at radius 1 is 1.50 bits per heavy atom. The molecule has 0 saturated carbocycles. The monoisotopic (exact) mass is 252 g/mol. The molecular weight excluding hydrogens is 235 g/mol. The van der Waals surface area contributed by atoms with E-state index in [2.05, 4.69) is 4.74 Å². The third-order valence-corrected chi connectivity index (χ3v) is 3.29. The van der Waals surface area contributed by atoms with Crippen LogP contribution in [-0.4, -0.2) is 31.9 Å². The fourth-order valence-corrected chi connectivity index (χ4v) is 1.81. The van der Waals surface area contributed by atoms with Gasteiger partial charge in [0.15, 0.2) is 0 Å². The second-order valence-electron chi connectivity index (χ2n) is 4.94. The summed E-state index contributed by atoms with van der Waals surface area (Å²) in [5, 5.41) is 0. The lowest BCUT2D eigenvalue weighted by atomic mass is 9.86. The fourth-order valence-electron chi connectivity index (χ4n) is 1.81. The summed E-state index contributed by atoms with van der Waals surface area (Å²) in [4.78, 5) is 11.5. The first kappa shape index (κ1) is 13.2. The molecule has 0 bridgehead atoms. The average Bonchev–Trinajstić information content (AvgIpc) is 2.80. The summed E-state index contributed by atoms with van der Waals surface area (Å²) in [7, 11) is 0.759. The highest BCUT2D eigenvalue weighted by atomic mass is 16.7. The Balaban J connectivity index is 2.24. The van der Waals surface area contributed by atoms with Gasteiger partial charge in [0.1, 0.15) is 17.0 Å². The number of hydrogen-bond acceptors (Lipinski definition) is 5. The number of furan rings is 1. The Hall–Kier alpha value is -1.27. The maximum atomic E-state index is 11.5. The van der Waals surface area contributed by atoms with Crippen LogP contribution in [0.1, 0.15) is 36.9 Å². The Morgan fingerprint density at radius 3 is 2.67 bits per heavy atom. The quantitative estimate of drug-likeness (QED) is 0.586. The molecular formula is C12H17BO5. The Bertz CT molecular complexity index is 465. The van der Waals surface area contributed by atoms with Gasteiger partial charge in [-0.05, 0) is 33.8 Å². The van der Waals surface area contributed by atoms with Crippen molar-refractivity contribution in [2.75, 3.05) is 7.11 Å². The summed E-state index contributed by atoms with van der Waals surface area (Å²) in [5.74, 6) is 0.0780. The molecule has 0 N–H and O–H groups in total. The lowest BCUT2D eigenvalue weighted by Crippen LogP contribution is -2.34. The Morgan fingerprint density at radius 2 is 2.17 bits per heavy atom. The molecule has 1 fully saturated rings. The molecule has 1 unspecified atom stereocenters. The molecule has 1 aromatic rings. The van der Waals surface area contributed by atoms with Crippen LogP contribution >= 0.6 is 0 Å². The van der Waals surface area contributed by atoms with Gasteiger partial charge in [0.05, 0.1) is 18.8 Å². The molecule has 1 atom stereocenters. The van der Waals surface area contributed by atoms with Crippen molar-refractivity contribution in [3.8, 4) is 0 Å². The van der Waals surface area contributed by atoms with E-state index in [1.54, 1.807) is 13.0 Å². The van der Waals surface area contributed by atoms with E-state index in [9.17, 15) is 4.79 Å². The molecule has 0 aromatic carbocycles. The summed E-state index contributed by atoms with van der Waals surface area (Å²) < 4.78 is 21.6. The van der Waals surface area contributed by atoms with Crippen molar-refractivity contribution in [2.45, 2.75) is 39.4 Å². The fraction of sp³-hybridized carbons (Fsp3) is 0.583. The van der Waals surface area contributed by atoms with E-state index in [-0.39, 0.29) is 11.7 Å². The number of methoxy groups -OCH3 is 1. The standard InChI is InChI=1S/C12H17BO5/c1-7-9(11(14)15-5)6-10(16-7)13-17-8(2)12(3,4)18-13/h6,8H,1-5H3. The van der Waals surface area contributed by atoms with E-state index in [1.165, 1.54) is 7.11 Å². The van der Waals surface area contributed by atoms with Gasteiger partial charge in [0.2, 0.25) is 0 Å². The number of aryl methyl sites for hydroxylation is 1. The summed E-state index contributed by atoms with van der Waals surface area (Å²) in [6.45, 7) is 7.56. The van der Waals surface area contributed by atoms with Gasteiger partial charge in [-0.3, -0.25) is 0 Å². The van der Waals surface area contributed by atoms with E-state index in [0.29, 0.717) is 17.0 Å². The van der Waals surface area contributed by atoms with E-state index in [0.717, 1.165) is 0 Å². The van der Waals surface area contributed by atoms with Gasteiger partial charge in [-0.1, -0.05) is 0 Å². The van der Waals surface area contributed by atoms with Crippen molar-refractivity contribution in [3.63, 3.8) is 0 Å². The predicted molar refractivity (Wildman–Crippen MR) is 65.9 cm³/mol.